The standard InChI is InChI=1S/C14H20ClN3/c1-17(2)14(18(3)4)16-13-9-12(13)10-5-7-11(15)8-6-10/h5-8,12-13H,9H2,1-4H3/t12-,13+/m0/s1. The van der Waals surface area contributed by atoms with Crippen molar-refractivity contribution in [3.05, 3.63) is 34.9 Å². The van der Waals surface area contributed by atoms with Crippen LogP contribution in [0.15, 0.2) is 29.3 Å². The van der Waals surface area contributed by atoms with Gasteiger partial charge in [-0.05, 0) is 24.1 Å². The Morgan fingerprint density at radius 1 is 1.11 bits per heavy atom. The highest BCUT2D eigenvalue weighted by Crippen LogP contribution is 2.43. The van der Waals surface area contributed by atoms with Crippen LogP contribution in [0.4, 0.5) is 0 Å². The van der Waals surface area contributed by atoms with Crippen molar-refractivity contribution in [2.24, 2.45) is 4.99 Å². The minimum absolute atomic E-state index is 0.408. The minimum atomic E-state index is 0.408. The molecule has 0 spiro atoms. The Kier molecular flexibility index (Phi) is 3.81. The molecule has 1 fully saturated rings. The summed E-state index contributed by atoms with van der Waals surface area (Å²) in [6.07, 6.45) is 1.13. The largest absolute Gasteiger partial charge is 0.349 e. The highest BCUT2D eigenvalue weighted by Gasteiger charge is 2.38. The van der Waals surface area contributed by atoms with E-state index in [4.69, 9.17) is 16.6 Å². The van der Waals surface area contributed by atoms with E-state index in [2.05, 4.69) is 21.9 Å². The van der Waals surface area contributed by atoms with Gasteiger partial charge < -0.3 is 9.80 Å². The second-order valence-corrected chi connectivity index (χ2v) is 5.62. The molecule has 1 aromatic carbocycles. The summed E-state index contributed by atoms with van der Waals surface area (Å²) in [5.74, 6) is 1.58. The average molecular weight is 266 g/mol. The summed E-state index contributed by atoms with van der Waals surface area (Å²) >= 11 is 5.90. The van der Waals surface area contributed by atoms with Crippen molar-refractivity contribution in [1.82, 2.24) is 9.80 Å². The predicted octanol–water partition coefficient (Wildman–Crippen LogP) is 2.68. The molecule has 0 aliphatic heterocycles. The highest BCUT2D eigenvalue weighted by molar-refractivity contribution is 6.30. The Labute approximate surface area is 114 Å². The molecule has 0 saturated heterocycles. The smallest absolute Gasteiger partial charge is 0.195 e. The van der Waals surface area contributed by atoms with Gasteiger partial charge >= 0.3 is 0 Å². The summed E-state index contributed by atoms with van der Waals surface area (Å²) in [6.45, 7) is 0. The quantitative estimate of drug-likeness (QED) is 0.605. The normalized spacial score (nSPS) is 21.4. The van der Waals surface area contributed by atoms with Gasteiger partial charge in [-0.15, -0.1) is 0 Å². The molecule has 0 N–H and O–H groups in total. The monoisotopic (exact) mass is 265 g/mol. The molecule has 2 atom stereocenters. The first-order chi connectivity index (χ1) is 8.49. The maximum Gasteiger partial charge on any atom is 0.195 e. The average Bonchev–Trinajstić information content (AvgIpc) is 3.05. The van der Waals surface area contributed by atoms with E-state index < -0.39 is 0 Å². The van der Waals surface area contributed by atoms with Gasteiger partial charge in [0, 0.05) is 39.1 Å². The Hall–Kier alpha value is -1.22. The molecule has 18 heavy (non-hydrogen) atoms. The molecule has 0 unspecified atom stereocenters. The molecule has 1 saturated carbocycles. The molecule has 3 nitrogen and oxygen atoms in total. The first-order valence-corrected chi connectivity index (χ1v) is 6.54. The van der Waals surface area contributed by atoms with E-state index in [0.717, 1.165) is 17.4 Å². The van der Waals surface area contributed by atoms with E-state index in [1.807, 2.05) is 40.3 Å². The molecule has 1 aliphatic rings. The zero-order chi connectivity index (χ0) is 13.3. The fourth-order valence-corrected chi connectivity index (χ4v) is 2.30. The van der Waals surface area contributed by atoms with Gasteiger partial charge in [0.2, 0.25) is 0 Å². The number of rotatable bonds is 2. The minimum Gasteiger partial charge on any atom is -0.349 e. The first kappa shape index (κ1) is 13.2. The number of benzene rings is 1. The van der Waals surface area contributed by atoms with Crippen molar-refractivity contribution in [3.63, 3.8) is 0 Å². The summed E-state index contributed by atoms with van der Waals surface area (Å²) in [5.41, 5.74) is 1.34. The van der Waals surface area contributed by atoms with E-state index in [-0.39, 0.29) is 0 Å². The van der Waals surface area contributed by atoms with Crippen molar-refractivity contribution < 1.29 is 0 Å². The van der Waals surface area contributed by atoms with Crippen LogP contribution in [0.2, 0.25) is 5.02 Å². The van der Waals surface area contributed by atoms with Crippen LogP contribution < -0.4 is 0 Å². The predicted molar refractivity (Wildman–Crippen MR) is 77.4 cm³/mol. The van der Waals surface area contributed by atoms with Crippen LogP contribution in [0.5, 0.6) is 0 Å². The molecule has 1 aromatic rings. The lowest BCUT2D eigenvalue weighted by molar-refractivity contribution is 0.479. The van der Waals surface area contributed by atoms with Crippen molar-refractivity contribution in [1.29, 1.82) is 0 Å². The zero-order valence-corrected chi connectivity index (χ0v) is 12.1. The Bertz CT molecular complexity index is 427. The van der Waals surface area contributed by atoms with E-state index in [0.29, 0.717) is 12.0 Å². The Morgan fingerprint density at radius 2 is 1.67 bits per heavy atom. The van der Waals surface area contributed by atoms with Crippen LogP contribution >= 0.6 is 11.6 Å². The lowest BCUT2D eigenvalue weighted by atomic mass is 10.1. The molecule has 98 valence electrons. The second-order valence-electron chi connectivity index (χ2n) is 5.18. The number of hydrogen-bond acceptors (Lipinski definition) is 1. The maximum absolute atomic E-state index is 5.90. The molecule has 0 amide bonds. The van der Waals surface area contributed by atoms with E-state index >= 15 is 0 Å². The Morgan fingerprint density at radius 3 is 2.17 bits per heavy atom. The third kappa shape index (κ3) is 2.96. The zero-order valence-electron chi connectivity index (χ0n) is 11.4. The summed E-state index contributed by atoms with van der Waals surface area (Å²) in [7, 11) is 8.11. The molecular formula is C14H20ClN3. The molecule has 0 heterocycles. The molecule has 4 heteroatoms. The van der Waals surface area contributed by atoms with Gasteiger partial charge in [-0.1, -0.05) is 23.7 Å². The summed E-state index contributed by atoms with van der Waals surface area (Å²) in [4.78, 5) is 8.91. The molecule has 2 rings (SSSR count). The molecule has 0 bridgehead atoms. The number of hydrogen-bond donors (Lipinski definition) is 0. The van der Waals surface area contributed by atoms with Crippen molar-refractivity contribution in [2.45, 2.75) is 18.4 Å². The van der Waals surface area contributed by atoms with Crippen LogP contribution in [0.25, 0.3) is 0 Å². The summed E-state index contributed by atoms with van der Waals surface area (Å²) < 4.78 is 0. The third-order valence-electron chi connectivity index (χ3n) is 3.14. The van der Waals surface area contributed by atoms with Gasteiger partial charge in [0.05, 0.1) is 6.04 Å². The van der Waals surface area contributed by atoms with Gasteiger partial charge in [0.1, 0.15) is 0 Å². The highest BCUT2D eigenvalue weighted by atomic mass is 35.5. The van der Waals surface area contributed by atoms with Gasteiger partial charge in [0.25, 0.3) is 0 Å². The fourth-order valence-electron chi connectivity index (χ4n) is 2.17. The van der Waals surface area contributed by atoms with Gasteiger partial charge in [-0.25, -0.2) is 4.99 Å². The van der Waals surface area contributed by atoms with Gasteiger partial charge in [-0.3, -0.25) is 0 Å². The lowest BCUT2D eigenvalue weighted by Gasteiger charge is -2.22. The number of nitrogens with zero attached hydrogens (tertiary/aromatic N) is 3. The first-order valence-electron chi connectivity index (χ1n) is 6.17. The number of guanidine groups is 1. The van der Waals surface area contributed by atoms with Crippen molar-refractivity contribution in [3.8, 4) is 0 Å². The van der Waals surface area contributed by atoms with E-state index in [1.54, 1.807) is 0 Å². The third-order valence-corrected chi connectivity index (χ3v) is 3.39. The molecule has 0 aromatic heterocycles. The Balaban J connectivity index is 2.07. The lowest BCUT2D eigenvalue weighted by Crippen LogP contribution is -2.35. The van der Waals surface area contributed by atoms with E-state index in [9.17, 15) is 0 Å². The van der Waals surface area contributed by atoms with Crippen LogP contribution in [-0.4, -0.2) is 50.0 Å². The summed E-state index contributed by atoms with van der Waals surface area (Å²) in [6, 6.07) is 8.52. The SMILES string of the molecule is CN(C)C(=N[C@@H]1C[C@H]1c1ccc(Cl)cc1)N(C)C. The van der Waals surface area contributed by atoms with Crippen LogP contribution in [0.3, 0.4) is 0 Å². The van der Waals surface area contributed by atoms with Gasteiger partial charge in [0.15, 0.2) is 5.96 Å². The fraction of sp³-hybridized carbons (Fsp3) is 0.500. The maximum atomic E-state index is 5.90. The summed E-state index contributed by atoms with van der Waals surface area (Å²) in [5, 5.41) is 0.793. The second kappa shape index (κ2) is 5.19. The topological polar surface area (TPSA) is 18.8 Å². The van der Waals surface area contributed by atoms with Crippen molar-refractivity contribution >= 4 is 17.6 Å². The number of aliphatic imine (C=N–C) groups is 1. The van der Waals surface area contributed by atoms with E-state index in [1.165, 1.54) is 5.56 Å². The van der Waals surface area contributed by atoms with Crippen LogP contribution in [-0.2, 0) is 0 Å². The molecule has 1 aliphatic carbocycles. The molecule has 0 radical (unpaired) electrons. The number of halogens is 1. The van der Waals surface area contributed by atoms with Gasteiger partial charge in [-0.2, -0.15) is 0 Å². The molecular weight excluding hydrogens is 246 g/mol. The van der Waals surface area contributed by atoms with Crippen LogP contribution in [0.1, 0.15) is 17.9 Å². The van der Waals surface area contributed by atoms with Crippen molar-refractivity contribution in [2.75, 3.05) is 28.2 Å². The van der Waals surface area contributed by atoms with Crippen LogP contribution in [0, 0.1) is 0 Å².